The minimum atomic E-state index is 0.694. The van der Waals surface area contributed by atoms with Gasteiger partial charge in [-0.2, -0.15) is 0 Å². The van der Waals surface area contributed by atoms with Crippen LogP contribution in [0.1, 0.15) is 50.7 Å². The van der Waals surface area contributed by atoms with Gasteiger partial charge in [-0.1, -0.05) is 56.1 Å². The van der Waals surface area contributed by atoms with Gasteiger partial charge in [0.25, 0.3) is 0 Å². The molecule has 0 amide bonds. The number of nitrogens with zero attached hydrogens (tertiary/aromatic N) is 1. The normalized spacial score (nSPS) is 10.9. The second-order valence-corrected chi connectivity index (χ2v) is 4.15. The second-order valence-electron chi connectivity index (χ2n) is 4.15. The lowest BCUT2D eigenvalue weighted by Gasteiger charge is -1.98. The smallest absolute Gasteiger partial charge is 0.139 e. The molecule has 17 heavy (non-hydrogen) atoms. The first kappa shape index (κ1) is 13.8. The summed E-state index contributed by atoms with van der Waals surface area (Å²) in [7, 11) is 0. The van der Waals surface area contributed by atoms with E-state index in [0.717, 1.165) is 18.4 Å². The highest BCUT2D eigenvalue weighted by Gasteiger charge is 1.91. The molecule has 1 aromatic rings. The van der Waals surface area contributed by atoms with Crippen molar-refractivity contribution in [1.29, 1.82) is 0 Å². The van der Waals surface area contributed by atoms with Crippen LogP contribution in [0.3, 0.4) is 0 Å². The van der Waals surface area contributed by atoms with Crippen LogP contribution in [0.2, 0.25) is 0 Å². The van der Waals surface area contributed by atoms with Gasteiger partial charge in [-0.3, -0.25) is 0 Å². The Morgan fingerprint density at radius 3 is 2.47 bits per heavy atom. The molecule has 0 atom stereocenters. The van der Waals surface area contributed by atoms with Crippen LogP contribution in [0.5, 0.6) is 0 Å². The molecule has 1 aromatic carbocycles. The largest absolute Gasteiger partial charge is 0.395 e. The first-order valence-corrected chi connectivity index (χ1v) is 6.53. The van der Waals surface area contributed by atoms with Gasteiger partial charge in [0.1, 0.15) is 12.8 Å². The first-order valence-electron chi connectivity index (χ1n) is 6.53. The lowest BCUT2D eigenvalue weighted by molar-refractivity contribution is 0.141. The van der Waals surface area contributed by atoms with Crippen molar-refractivity contribution in [3.63, 3.8) is 0 Å². The fourth-order valence-electron chi connectivity index (χ4n) is 1.54. The molecule has 2 heteroatoms. The lowest BCUT2D eigenvalue weighted by Crippen LogP contribution is -1.90. The van der Waals surface area contributed by atoms with Crippen molar-refractivity contribution in [3.8, 4) is 0 Å². The van der Waals surface area contributed by atoms with E-state index in [9.17, 15) is 0 Å². The van der Waals surface area contributed by atoms with Crippen LogP contribution in [0.25, 0.3) is 0 Å². The Labute approximate surface area is 105 Å². The standard InChI is InChI=1S/C15H22NO/c1-3-5-6-7-12-17-16-13-15-10-8-14(4-2)9-11-15/h8-11H,3-7,12H2,1-2H3. The van der Waals surface area contributed by atoms with Gasteiger partial charge >= 0.3 is 0 Å². The zero-order chi connectivity index (χ0) is 12.3. The molecule has 1 rings (SSSR count). The molecular weight excluding hydrogens is 210 g/mol. The van der Waals surface area contributed by atoms with Gasteiger partial charge in [-0.15, -0.1) is 0 Å². The highest BCUT2D eigenvalue weighted by molar-refractivity contribution is 5.79. The molecule has 0 saturated carbocycles. The Bertz CT molecular complexity index is 316. The summed E-state index contributed by atoms with van der Waals surface area (Å²) < 4.78 is 0. The van der Waals surface area contributed by atoms with Gasteiger partial charge in [-0.25, -0.2) is 0 Å². The molecule has 0 aliphatic carbocycles. The summed E-state index contributed by atoms with van der Waals surface area (Å²) in [4.78, 5) is 5.15. The van der Waals surface area contributed by atoms with Crippen molar-refractivity contribution in [3.05, 3.63) is 35.4 Å². The van der Waals surface area contributed by atoms with E-state index in [1.54, 1.807) is 0 Å². The Hall–Kier alpha value is -1.31. The van der Waals surface area contributed by atoms with Gasteiger partial charge in [0.05, 0.1) is 0 Å². The second kappa shape index (κ2) is 8.80. The molecule has 0 spiro atoms. The van der Waals surface area contributed by atoms with Crippen molar-refractivity contribution in [1.82, 2.24) is 0 Å². The molecule has 0 N–H and O–H groups in total. The summed E-state index contributed by atoms with van der Waals surface area (Å²) in [6.07, 6.45) is 8.77. The van der Waals surface area contributed by atoms with Crippen LogP contribution in [0, 0.1) is 0 Å². The number of rotatable bonds is 8. The van der Waals surface area contributed by atoms with E-state index >= 15 is 0 Å². The summed E-state index contributed by atoms with van der Waals surface area (Å²) in [5, 5.41) is 3.84. The maximum absolute atomic E-state index is 5.15. The third-order valence-electron chi connectivity index (χ3n) is 2.69. The van der Waals surface area contributed by atoms with Crippen molar-refractivity contribution in [2.45, 2.75) is 46.0 Å². The number of hydrogen-bond acceptors (Lipinski definition) is 2. The van der Waals surface area contributed by atoms with Crippen LogP contribution < -0.4 is 0 Å². The molecule has 1 radical (unpaired) electrons. The van der Waals surface area contributed by atoms with Gasteiger partial charge in [0, 0.05) is 5.56 Å². The van der Waals surface area contributed by atoms with E-state index in [0.29, 0.717) is 6.61 Å². The van der Waals surface area contributed by atoms with E-state index in [2.05, 4.69) is 37.4 Å². The van der Waals surface area contributed by atoms with Gasteiger partial charge in [0.15, 0.2) is 0 Å². The van der Waals surface area contributed by atoms with Crippen LogP contribution in [0.4, 0.5) is 0 Å². The summed E-state index contributed by atoms with van der Waals surface area (Å²) >= 11 is 0. The Morgan fingerprint density at radius 1 is 1.06 bits per heavy atom. The van der Waals surface area contributed by atoms with Crippen LogP contribution in [0.15, 0.2) is 29.4 Å². The Morgan fingerprint density at radius 2 is 1.82 bits per heavy atom. The molecule has 93 valence electrons. The summed E-state index contributed by atoms with van der Waals surface area (Å²) in [6, 6.07) is 8.23. The minimum absolute atomic E-state index is 0.694. The number of benzene rings is 1. The van der Waals surface area contributed by atoms with Gasteiger partial charge in [0.2, 0.25) is 0 Å². The summed E-state index contributed by atoms with van der Waals surface area (Å²) in [5.41, 5.74) is 2.30. The maximum atomic E-state index is 5.15. The first-order chi connectivity index (χ1) is 8.36. The Balaban J connectivity index is 2.19. The fourth-order valence-corrected chi connectivity index (χ4v) is 1.54. The monoisotopic (exact) mass is 232 g/mol. The van der Waals surface area contributed by atoms with E-state index < -0.39 is 0 Å². The SMILES string of the molecule is CCCCCCO/N=[C]/c1ccc(CC)cc1. The molecule has 0 fully saturated rings. The molecule has 0 heterocycles. The molecule has 0 aliphatic heterocycles. The van der Waals surface area contributed by atoms with Crippen molar-refractivity contribution in [2.24, 2.45) is 5.16 Å². The van der Waals surface area contributed by atoms with Crippen LogP contribution >= 0.6 is 0 Å². The lowest BCUT2D eigenvalue weighted by atomic mass is 10.1. The van der Waals surface area contributed by atoms with E-state index in [1.165, 1.54) is 24.8 Å². The molecule has 0 unspecified atom stereocenters. The topological polar surface area (TPSA) is 21.6 Å². The Kier molecular flexibility index (Phi) is 7.12. The number of unbranched alkanes of at least 4 members (excludes halogenated alkanes) is 3. The van der Waals surface area contributed by atoms with Crippen molar-refractivity contribution < 1.29 is 4.84 Å². The molecule has 0 saturated heterocycles. The quantitative estimate of drug-likeness (QED) is 0.376. The zero-order valence-corrected chi connectivity index (χ0v) is 10.9. The molecule has 2 nitrogen and oxygen atoms in total. The van der Waals surface area contributed by atoms with E-state index in [4.69, 9.17) is 4.84 Å². The van der Waals surface area contributed by atoms with Crippen LogP contribution in [-0.2, 0) is 11.3 Å². The summed E-state index contributed by atoms with van der Waals surface area (Å²) in [5.74, 6) is 0. The van der Waals surface area contributed by atoms with Gasteiger partial charge < -0.3 is 4.84 Å². The average molecular weight is 232 g/mol. The average Bonchev–Trinajstić information content (AvgIpc) is 2.38. The van der Waals surface area contributed by atoms with Crippen molar-refractivity contribution in [2.75, 3.05) is 6.61 Å². The predicted octanol–water partition coefficient (Wildman–Crippen LogP) is 4.06. The number of hydrogen-bond donors (Lipinski definition) is 0. The molecular formula is C15H22NO. The minimum Gasteiger partial charge on any atom is -0.395 e. The highest BCUT2D eigenvalue weighted by Crippen LogP contribution is 2.03. The van der Waals surface area contributed by atoms with E-state index in [-0.39, 0.29) is 0 Å². The fraction of sp³-hybridized carbons (Fsp3) is 0.533. The molecule has 0 aromatic heterocycles. The summed E-state index contributed by atoms with van der Waals surface area (Å²) in [6.45, 7) is 5.04. The predicted molar refractivity (Wildman–Crippen MR) is 72.5 cm³/mol. The highest BCUT2D eigenvalue weighted by atomic mass is 16.6. The molecule has 0 bridgehead atoms. The molecule has 0 aliphatic rings. The van der Waals surface area contributed by atoms with Gasteiger partial charge in [-0.05, 0) is 24.8 Å². The maximum Gasteiger partial charge on any atom is 0.139 e. The van der Waals surface area contributed by atoms with Crippen LogP contribution in [-0.4, -0.2) is 12.8 Å². The third-order valence-corrected chi connectivity index (χ3v) is 2.69. The zero-order valence-electron chi connectivity index (χ0n) is 10.9. The third kappa shape index (κ3) is 6.10. The number of aryl methyl sites for hydroxylation is 1. The van der Waals surface area contributed by atoms with Crippen molar-refractivity contribution >= 4 is 6.21 Å². The van der Waals surface area contributed by atoms with E-state index in [1.807, 2.05) is 12.1 Å².